The summed E-state index contributed by atoms with van der Waals surface area (Å²) in [6, 6.07) is 9.82. The van der Waals surface area contributed by atoms with Crippen molar-refractivity contribution in [3.05, 3.63) is 47.9 Å². The van der Waals surface area contributed by atoms with Gasteiger partial charge in [-0.2, -0.15) is 0 Å². The molecule has 0 spiro atoms. The molecule has 1 aliphatic rings. The second-order valence-corrected chi connectivity index (χ2v) is 14.5. The molecule has 0 saturated carbocycles. The highest BCUT2D eigenvalue weighted by atomic mass is 31.2. The van der Waals surface area contributed by atoms with Gasteiger partial charge in [-0.3, -0.25) is 9.05 Å². The fraction of sp³-hybridized carbons (Fsp3) is 0.778. The van der Waals surface area contributed by atoms with E-state index in [0.717, 1.165) is 49.9 Å². The van der Waals surface area contributed by atoms with E-state index in [9.17, 15) is 9.46 Å². The van der Waals surface area contributed by atoms with Crippen molar-refractivity contribution in [1.29, 1.82) is 0 Å². The lowest BCUT2D eigenvalue weighted by Crippen LogP contribution is -2.42. The minimum atomic E-state index is -4.52. The third-order valence-electron chi connectivity index (χ3n) is 8.69. The van der Waals surface area contributed by atoms with Crippen LogP contribution in [0.2, 0.25) is 0 Å². The minimum absolute atomic E-state index is 0.145. The first-order valence-electron chi connectivity index (χ1n) is 17.7. The lowest BCUT2D eigenvalue weighted by molar-refractivity contribution is -0.858. The Morgan fingerprint density at radius 1 is 0.818 bits per heavy atom. The molecule has 8 heteroatoms. The molecule has 254 valence electrons. The highest BCUT2D eigenvalue weighted by molar-refractivity contribution is 7.46. The number of phosphoric ester groups is 1. The van der Waals surface area contributed by atoms with Gasteiger partial charge in [0.25, 0.3) is 0 Å². The number of rotatable bonds is 27. The van der Waals surface area contributed by atoms with Gasteiger partial charge in [0, 0.05) is 13.0 Å². The van der Waals surface area contributed by atoms with E-state index < -0.39 is 13.9 Å². The zero-order valence-corrected chi connectivity index (χ0v) is 29.3. The lowest BCUT2D eigenvalue weighted by Gasteiger charge is -2.35. The molecule has 0 radical (unpaired) electrons. The van der Waals surface area contributed by atoms with Gasteiger partial charge in [0.1, 0.15) is 18.1 Å². The summed E-state index contributed by atoms with van der Waals surface area (Å²) in [6.07, 6.45) is 25.2. The van der Waals surface area contributed by atoms with Crippen molar-refractivity contribution >= 4 is 7.82 Å². The number of allylic oxidation sites excluding steroid dienone is 1. The fourth-order valence-electron chi connectivity index (χ4n) is 5.69. The standard InChI is InChI=1S/C36H64NO6P/c1-4-5-6-7-8-9-10-11-12-13-14-15-16-17-18-24-29-40-32-36(41-30-34-25-20-19-21-26-34)33-43-44(38,39)42-31-35-27-22-23-28-37(35,2)3/h19-21,25-26,31,36H,4-18,22-24,27-30,32-33H2,1-3H3. The second-order valence-electron chi connectivity index (χ2n) is 13.1. The Hall–Kier alpha value is -1.21. The lowest BCUT2D eigenvalue weighted by atomic mass is 10.0. The Bertz CT molecular complexity index is 909. The molecule has 1 heterocycles. The van der Waals surface area contributed by atoms with Crippen molar-refractivity contribution in [1.82, 2.24) is 0 Å². The number of hydrogen-bond donors (Lipinski definition) is 0. The van der Waals surface area contributed by atoms with Crippen LogP contribution in [0.3, 0.4) is 0 Å². The third kappa shape index (κ3) is 19.3. The van der Waals surface area contributed by atoms with Crippen molar-refractivity contribution in [2.45, 2.75) is 142 Å². The maximum Gasteiger partial charge on any atom is 0.319 e. The summed E-state index contributed by atoms with van der Waals surface area (Å²) < 4.78 is 35.5. The molecule has 1 aromatic rings. The van der Waals surface area contributed by atoms with Gasteiger partial charge in [-0.05, 0) is 24.8 Å². The number of likely N-dealkylation sites (tertiary alicyclic amines) is 1. The Kier molecular flexibility index (Phi) is 21.3. The molecule has 0 amide bonds. The van der Waals surface area contributed by atoms with Crippen LogP contribution in [0.1, 0.15) is 134 Å². The van der Waals surface area contributed by atoms with Crippen LogP contribution >= 0.6 is 7.82 Å². The van der Waals surface area contributed by atoms with Gasteiger partial charge < -0.3 is 23.4 Å². The number of phosphoric acid groups is 1. The summed E-state index contributed by atoms with van der Waals surface area (Å²) in [6.45, 7) is 4.36. The van der Waals surface area contributed by atoms with Crippen LogP contribution in [0.15, 0.2) is 42.3 Å². The van der Waals surface area contributed by atoms with Gasteiger partial charge in [-0.25, -0.2) is 0 Å². The molecule has 2 unspecified atom stereocenters. The maximum absolute atomic E-state index is 12.5. The Labute approximate surface area is 269 Å². The number of quaternary nitrogens is 1. The minimum Gasteiger partial charge on any atom is -0.746 e. The molecule has 2 rings (SSSR count). The van der Waals surface area contributed by atoms with E-state index in [4.69, 9.17) is 18.5 Å². The molecule has 0 N–H and O–H groups in total. The van der Waals surface area contributed by atoms with Gasteiger partial charge in [-0.1, -0.05) is 134 Å². The number of unbranched alkanes of at least 4 members (excludes halogenated alkanes) is 15. The number of piperidine rings is 1. The quantitative estimate of drug-likeness (QED) is 0.0414. The van der Waals surface area contributed by atoms with E-state index in [-0.39, 0.29) is 13.2 Å². The number of benzene rings is 1. The van der Waals surface area contributed by atoms with Crippen LogP contribution in [0.5, 0.6) is 0 Å². The summed E-state index contributed by atoms with van der Waals surface area (Å²) in [7, 11) is -0.386. The summed E-state index contributed by atoms with van der Waals surface area (Å²) >= 11 is 0. The topological polar surface area (TPSA) is 77.1 Å². The molecule has 0 aromatic heterocycles. The van der Waals surface area contributed by atoms with Crippen LogP contribution in [0.4, 0.5) is 0 Å². The molecule has 1 saturated heterocycles. The molecular weight excluding hydrogens is 573 g/mol. The highest BCUT2D eigenvalue weighted by Crippen LogP contribution is 2.40. The van der Waals surface area contributed by atoms with Crippen LogP contribution < -0.4 is 4.89 Å². The predicted molar refractivity (Wildman–Crippen MR) is 179 cm³/mol. The van der Waals surface area contributed by atoms with Gasteiger partial charge in [0.15, 0.2) is 0 Å². The molecule has 2 atom stereocenters. The van der Waals surface area contributed by atoms with Crippen LogP contribution in [0.25, 0.3) is 0 Å². The largest absolute Gasteiger partial charge is 0.746 e. The van der Waals surface area contributed by atoms with Crippen molar-refractivity contribution < 1.29 is 32.5 Å². The Morgan fingerprint density at radius 3 is 1.95 bits per heavy atom. The van der Waals surface area contributed by atoms with E-state index in [1.54, 1.807) is 0 Å². The van der Waals surface area contributed by atoms with Crippen LogP contribution in [0, 0.1) is 0 Å². The number of hydrogen-bond acceptors (Lipinski definition) is 6. The van der Waals surface area contributed by atoms with Crippen molar-refractivity contribution in [2.24, 2.45) is 0 Å². The van der Waals surface area contributed by atoms with E-state index in [0.29, 0.717) is 17.7 Å². The SMILES string of the molecule is CCCCCCCCCCCCCCCCCCOCC(COP(=O)([O-])OC=C1CCCC[N+]1(C)C)OCc1ccccc1. The van der Waals surface area contributed by atoms with E-state index in [1.165, 1.54) is 96.2 Å². The molecular formula is C36H64NO6P. The second kappa shape index (κ2) is 24.0. The van der Waals surface area contributed by atoms with Crippen molar-refractivity contribution in [3.63, 3.8) is 0 Å². The molecule has 1 aromatic carbocycles. The van der Waals surface area contributed by atoms with Gasteiger partial charge >= 0.3 is 7.82 Å². The summed E-state index contributed by atoms with van der Waals surface area (Å²) in [5, 5.41) is 0. The van der Waals surface area contributed by atoms with Crippen molar-refractivity contribution in [3.8, 4) is 0 Å². The smallest absolute Gasteiger partial charge is 0.319 e. The van der Waals surface area contributed by atoms with E-state index >= 15 is 0 Å². The predicted octanol–water partition coefficient (Wildman–Crippen LogP) is 9.45. The monoisotopic (exact) mass is 637 g/mol. The van der Waals surface area contributed by atoms with Crippen LogP contribution in [-0.4, -0.2) is 51.0 Å². The van der Waals surface area contributed by atoms with Gasteiger partial charge in [-0.15, -0.1) is 0 Å². The fourth-order valence-corrected chi connectivity index (χ4v) is 6.35. The maximum atomic E-state index is 12.5. The molecule has 44 heavy (non-hydrogen) atoms. The summed E-state index contributed by atoms with van der Waals surface area (Å²) in [4.78, 5) is 12.5. The first-order chi connectivity index (χ1) is 21.3. The third-order valence-corrected chi connectivity index (χ3v) is 9.52. The molecule has 1 fully saturated rings. The first-order valence-corrected chi connectivity index (χ1v) is 19.2. The molecule has 7 nitrogen and oxygen atoms in total. The van der Waals surface area contributed by atoms with Gasteiger partial charge in [0.05, 0.1) is 40.5 Å². The van der Waals surface area contributed by atoms with Gasteiger partial charge in [0.2, 0.25) is 0 Å². The van der Waals surface area contributed by atoms with Crippen molar-refractivity contribution in [2.75, 3.05) is 40.5 Å². The molecule has 1 aliphatic heterocycles. The van der Waals surface area contributed by atoms with E-state index in [1.807, 2.05) is 30.3 Å². The number of nitrogens with zero attached hydrogens (tertiary/aromatic N) is 1. The highest BCUT2D eigenvalue weighted by Gasteiger charge is 2.27. The number of ether oxygens (including phenoxy) is 2. The average molecular weight is 638 g/mol. The Balaban J connectivity index is 1.58. The molecule has 0 aliphatic carbocycles. The zero-order valence-electron chi connectivity index (χ0n) is 28.4. The first kappa shape index (κ1) is 39.0. The zero-order chi connectivity index (χ0) is 31.8. The molecule has 0 bridgehead atoms. The Morgan fingerprint density at radius 2 is 1.39 bits per heavy atom. The van der Waals surface area contributed by atoms with Crippen LogP contribution in [-0.2, 0) is 29.7 Å². The van der Waals surface area contributed by atoms with E-state index in [2.05, 4.69) is 21.0 Å². The normalized spacial score (nSPS) is 17.9. The summed E-state index contributed by atoms with van der Waals surface area (Å²) in [5.74, 6) is 0. The summed E-state index contributed by atoms with van der Waals surface area (Å²) in [5.41, 5.74) is 1.97. The average Bonchev–Trinajstić information content (AvgIpc) is 3.01.